The largest absolute Gasteiger partial charge is 0.507 e. The van der Waals surface area contributed by atoms with E-state index in [0.717, 1.165) is 18.8 Å². The van der Waals surface area contributed by atoms with Crippen LogP contribution >= 0.6 is 24.8 Å². The normalized spacial score (nSPS) is 18.3. The number of aromatic hydroxyl groups is 1. The molecule has 1 aromatic carbocycles. The van der Waals surface area contributed by atoms with Crippen LogP contribution in [0, 0.1) is 12.7 Å². The monoisotopic (exact) mass is 519 g/mol. The Balaban J connectivity index is 0.00000171. The van der Waals surface area contributed by atoms with E-state index in [-0.39, 0.29) is 36.2 Å². The molecule has 11 heteroatoms. The lowest BCUT2D eigenvalue weighted by Crippen LogP contribution is -2.55. The number of imidazole rings is 1. The second-order valence-electron chi connectivity index (χ2n) is 8.83. The Morgan fingerprint density at radius 3 is 2.34 bits per heavy atom. The smallest absolute Gasteiger partial charge is 0.245 e. The Hall–Kier alpha value is -3.01. The van der Waals surface area contributed by atoms with E-state index in [4.69, 9.17) is 0 Å². The van der Waals surface area contributed by atoms with Crippen molar-refractivity contribution in [1.29, 1.82) is 0 Å². The summed E-state index contributed by atoms with van der Waals surface area (Å²) in [6.07, 6.45) is 5.19. The highest BCUT2D eigenvalue weighted by atomic mass is 35.5. The molecule has 1 N–H and O–H groups in total. The van der Waals surface area contributed by atoms with Gasteiger partial charge in [-0.15, -0.1) is 35.0 Å². The van der Waals surface area contributed by atoms with Crippen molar-refractivity contribution >= 4 is 36.4 Å². The van der Waals surface area contributed by atoms with Crippen molar-refractivity contribution in [3.8, 4) is 28.1 Å². The van der Waals surface area contributed by atoms with Crippen LogP contribution in [-0.2, 0) is 0 Å². The molecule has 186 valence electrons. The third-order valence-corrected chi connectivity index (χ3v) is 6.43. The molecule has 35 heavy (non-hydrogen) atoms. The van der Waals surface area contributed by atoms with Crippen LogP contribution in [0.4, 0.5) is 10.3 Å². The summed E-state index contributed by atoms with van der Waals surface area (Å²) < 4.78 is 16.1. The number of hydrogen-bond donors (Lipinski definition) is 1. The molecule has 0 unspecified atom stereocenters. The first-order valence-electron chi connectivity index (χ1n) is 11.0. The number of anilines is 1. The highest BCUT2D eigenvalue weighted by molar-refractivity contribution is 5.85. The maximum atomic E-state index is 14.5. The summed E-state index contributed by atoms with van der Waals surface area (Å²) in [4.78, 5) is 13.2. The van der Waals surface area contributed by atoms with Gasteiger partial charge in [0.2, 0.25) is 5.95 Å². The maximum absolute atomic E-state index is 14.5. The zero-order valence-electron chi connectivity index (χ0n) is 19.9. The Morgan fingerprint density at radius 1 is 1.00 bits per heavy atom. The van der Waals surface area contributed by atoms with E-state index in [2.05, 4.69) is 50.9 Å². The number of aryl methyl sites for hydroxylation is 1. The number of phenols is 1. The second kappa shape index (κ2) is 10.3. The molecule has 8 nitrogen and oxygen atoms in total. The fraction of sp³-hybridized carbons (Fsp3) is 0.333. The molecule has 5 rings (SSSR count). The quantitative estimate of drug-likeness (QED) is 0.430. The van der Waals surface area contributed by atoms with Gasteiger partial charge in [-0.05, 0) is 51.6 Å². The van der Waals surface area contributed by atoms with Gasteiger partial charge >= 0.3 is 0 Å². The first kappa shape index (κ1) is 26.6. The zero-order chi connectivity index (χ0) is 23.3. The average Bonchev–Trinajstić information content (AvgIpc) is 3.18. The predicted molar refractivity (Wildman–Crippen MR) is 139 cm³/mol. The molecular formula is C24H28Cl2FN7O. The summed E-state index contributed by atoms with van der Waals surface area (Å²) >= 11 is 0. The number of fused-ring (bicyclic) bond motifs is 1. The number of aromatic nitrogens is 5. The van der Waals surface area contributed by atoms with Crippen molar-refractivity contribution in [2.45, 2.75) is 32.9 Å². The van der Waals surface area contributed by atoms with Crippen LogP contribution in [0.5, 0.6) is 5.75 Å². The van der Waals surface area contributed by atoms with Crippen LogP contribution in [0.3, 0.4) is 0 Å². The van der Waals surface area contributed by atoms with E-state index >= 15 is 0 Å². The maximum Gasteiger partial charge on any atom is 0.245 e. The van der Waals surface area contributed by atoms with Crippen LogP contribution in [0.1, 0.15) is 19.5 Å². The number of nitrogens with zero attached hydrogens (tertiary/aromatic N) is 7. The highest BCUT2D eigenvalue weighted by Gasteiger charge is 2.28. The molecule has 0 spiro atoms. The predicted octanol–water partition coefficient (Wildman–Crippen LogP) is 4.38. The number of rotatable bonds is 3. The van der Waals surface area contributed by atoms with Gasteiger partial charge in [0.15, 0.2) is 11.5 Å². The minimum Gasteiger partial charge on any atom is -0.507 e. The van der Waals surface area contributed by atoms with Crippen molar-refractivity contribution in [1.82, 2.24) is 29.5 Å². The van der Waals surface area contributed by atoms with E-state index < -0.39 is 5.82 Å². The number of likely N-dealkylation sites (N-methyl/N-ethyl adjacent to an activating group) is 1. The summed E-state index contributed by atoms with van der Waals surface area (Å²) in [5, 5.41) is 19.3. The Bertz CT molecular complexity index is 1320. The van der Waals surface area contributed by atoms with Gasteiger partial charge in [-0.25, -0.2) is 14.4 Å². The molecular weight excluding hydrogens is 492 g/mol. The molecule has 0 aliphatic carbocycles. The van der Waals surface area contributed by atoms with Gasteiger partial charge in [0.25, 0.3) is 0 Å². The van der Waals surface area contributed by atoms with Gasteiger partial charge < -0.3 is 14.4 Å². The molecule has 1 saturated heterocycles. The van der Waals surface area contributed by atoms with Gasteiger partial charge in [-0.2, -0.15) is 0 Å². The lowest BCUT2D eigenvalue weighted by atomic mass is 10.0. The fourth-order valence-corrected chi connectivity index (χ4v) is 4.37. The molecule has 1 aliphatic rings. The molecule has 4 aromatic rings. The third kappa shape index (κ3) is 5.03. The molecule has 0 bridgehead atoms. The highest BCUT2D eigenvalue weighted by Crippen LogP contribution is 2.33. The first-order chi connectivity index (χ1) is 15.8. The minimum absolute atomic E-state index is 0. The van der Waals surface area contributed by atoms with Crippen molar-refractivity contribution in [3.63, 3.8) is 0 Å². The van der Waals surface area contributed by atoms with E-state index in [1.54, 1.807) is 35.1 Å². The Kier molecular flexibility index (Phi) is 7.83. The summed E-state index contributed by atoms with van der Waals surface area (Å²) in [5.41, 5.74) is 3.33. The Morgan fingerprint density at radius 2 is 1.71 bits per heavy atom. The summed E-state index contributed by atoms with van der Waals surface area (Å²) in [5.74, 6) is 0.198. The average molecular weight is 520 g/mol. The number of hydrogen-bond acceptors (Lipinski definition) is 7. The van der Waals surface area contributed by atoms with E-state index in [0.29, 0.717) is 40.4 Å². The zero-order valence-corrected chi connectivity index (χ0v) is 21.5. The van der Waals surface area contributed by atoms with Crippen molar-refractivity contribution in [2.24, 2.45) is 0 Å². The van der Waals surface area contributed by atoms with Gasteiger partial charge in [-0.1, -0.05) is 6.07 Å². The van der Waals surface area contributed by atoms with Gasteiger partial charge in [-0.3, -0.25) is 4.90 Å². The standard InChI is InChI=1S/C24H26FN7O.2ClH/c1-14-10-31-13-18(7-20(25)23(31)27-14)17-5-6-19(22(33)8-17)21-9-26-24(29-28-21)32-11-15(2)30(4)16(3)12-32;;/h5-10,13,15-16,33H,11-12H2,1-4H3;2*1H/t15-,16+;;. The lowest BCUT2D eigenvalue weighted by Gasteiger charge is -2.42. The van der Waals surface area contributed by atoms with Gasteiger partial charge in [0.05, 0.1) is 11.9 Å². The molecule has 4 heterocycles. The van der Waals surface area contributed by atoms with Crippen molar-refractivity contribution < 1.29 is 9.50 Å². The number of piperazine rings is 1. The number of pyridine rings is 1. The molecule has 0 saturated carbocycles. The second-order valence-corrected chi connectivity index (χ2v) is 8.83. The molecule has 1 aliphatic heterocycles. The number of phenolic OH excluding ortho intramolecular Hbond substituents is 1. The van der Waals surface area contributed by atoms with Crippen LogP contribution in [0.2, 0.25) is 0 Å². The molecule has 1 fully saturated rings. The first-order valence-corrected chi connectivity index (χ1v) is 11.0. The van der Waals surface area contributed by atoms with Crippen LogP contribution in [0.15, 0.2) is 42.9 Å². The summed E-state index contributed by atoms with van der Waals surface area (Å²) in [6.45, 7) is 7.85. The van der Waals surface area contributed by atoms with Crippen LogP contribution < -0.4 is 4.90 Å². The fourth-order valence-electron chi connectivity index (χ4n) is 4.37. The van der Waals surface area contributed by atoms with E-state index in [1.165, 1.54) is 6.07 Å². The molecule has 0 radical (unpaired) electrons. The van der Waals surface area contributed by atoms with Crippen LogP contribution in [0.25, 0.3) is 28.0 Å². The summed E-state index contributed by atoms with van der Waals surface area (Å²) in [7, 11) is 2.13. The molecule has 3 aromatic heterocycles. The third-order valence-electron chi connectivity index (χ3n) is 6.43. The number of halogens is 3. The van der Waals surface area contributed by atoms with Crippen LogP contribution in [-0.4, -0.2) is 66.8 Å². The number of benzene rings is 1. The van der Waals surface area contributed by atoms with E-state index in [9.17, 15) is 9.50 Å². The molecule has 2 atom stereocenters. The van der Waals surface area contributed by atoms with Gasteiger partial charge in [0, 0.05) is 48.7 Å². The topological polar surface area (TPSA) is 82.7 Å². The molecule has 0 amide bonds. The van der Waals surface area contributed by atoms with Gasteiger partial charge in [0.1, 0.15) is 11.4 Å². The summed E-state index contributed by atoms with van der Waals surface area (Å²) in [6, 6.07) is 7.37. The van der Waals surface area contributed by atoms with E-state index in [1.807, 2.05) is 13.0 Å². The SMILES string of the molecule is Cc1cn2cc(-c3ccc(-c4cnc(N5C[C@@H](C)N(C)[C@@H](C)C5)nn4)c(O)c3)cc(F)c2n1.Cl.Cl. The van der Waals surface area contributed by atoms with Crippen molar-refractivity contribution in [3.05, 3.63) is 54.4 Å². The lowest BCUT2D eigenvalue weighted by molar-refractivity contribution is 0.169. The van der Waals surface area contributed by atoms with Crippen molar-refractivity contribution in [2.75, 3.05) is 25.0 Å². The minimum atomic E-state index is -0.414. The Labute approximate surface area is 215 Å².